The summed E-state index contributed by atoms with van der Waals surface area (Å²) in [5.74, 6) is 0.0878. The van der Waals surface area contributed by atoms with Crippen molar-refractivity contribution in [3.63, 3.8) is 0 Å². The van der Waals surface area contributed by atoms with Gasteiger partial charge in [-0.2, -0.15) is 0 Å². The lowest BCUT2D eigenvalue weighted by atomic mass is 9.95. The van der Waals surface area contributed by atoms with Crippen molar-refractivity contribution in [2.45, 2.75) is 32.2 Å². The Hall–Kier alpha value is -1.66. The minimum Gasteiger partial charge on any atom is -0.345 e. The number of benzene rings is 1. The van der Waals surface area contributed by atoms with Crippen LogP contribution in [0.3, 0.4) is 0 Å². The molecule has 0 radical (unpaired) electrons. The lowest BCUT2D eigenvalue weighted by Gasteiger charge is -2.29. The van der Waals surface area contributed by atoms with Crippen LogP contribution >= 0.6 is 12.4 Å². The normalized spacial score (nSPS) is 16.5. The highest BCUT2D eigenvalue weighted by Crippen LogP contribution is 2.39. The maximum atomic E-state index is 12.2. The fraction of sp³-hybridized carbons (Fsp3) is 0.500. The Balaban J connectivity index is 0.00000220. The van der Waals surface area contributed by atoms with Crippen molar-refractivity contribution in [3.05, 3.63) is 39.4 Å². The van der Waals surface area contributed by atoms with E-state index in [1.165, 1.54) is 6.07 Å². The van der Waals surface area contributed by atoms with Gasteiger partial charge < -0.3 is 11.1 Å². The molecule has 1 atom stereocenters. The average Bonchev–Trinajstić information content (AvgIpc) is 3.23. The summed E-state index contributed by atoms with van der Waals surface area (Å²) in [7, 11) is 0. The van der Waals surface area contributed by atoms with Crippen LogP contribution < -0.4 is 11.1 Å². The minimum absolute atomic E-state index is 0. The molecule has 21 heavy (non-hydrogen) atoms. The number of nitro benzene ring substituents is 1. The smallest absolute Gasteiger partial charge is 0.273 e. The van der Waals surface area contributed by atoms with E-state index in [1.54, 1.807) is 19.1 Å². The zero-order valence-corrected chi connectivity index (χ0v) is 12.9. The number of nitro groups is 1. The fourth-order valence-corrected chi connectivity index (χ4v) is 2.32. The SMILES string of the molecule is Cc1ccc(C(=O)NC(C)(CN)C2CC2)cc1[N+](=O)[O-].Cl. The summed E-state index contributed by atoms with van der Waals surface area (Å²) in [6.45, 7) is 3.93. The van der Waals surface area contributed by atoms with Crippen molar-refractivity contribution in [3.8, 4) is 0 Å². The van der Waals surface area contributed by atoms with Crippen LogP contribution in [-0.4, -0.2) is 22.9 Å². The molecule has 1 aromatic carbocycles. The van der Waals surface area contributed by atoms with E-state index in [2.05, 4.69) is 5.32 Å². The summed E-state index contributed by atoms with van der Waals surface area (Å²) in [5, 5.41) is 13.8. The van der Waals surface area contributed by atoms with Gasteiger partial charge in [0.15, 0.2) is 0 Å². The molecule has 1 aliphatic rings. The summed E-state index contributed by atoms with van der Waals surface area (Å²) >= 11 is 0. The van der Waals surface area contributed by atoms with Crippen molar-refractivity contribution in [1.29, 1.82) is 0 Å². The van der Waals surface area contributed by atoms with Gasteiger partial charge in [-0.3, -0.25) is 14.9 Å². The Morgan fingerprint density at radius 1 is 1.52 bits per heavy atom. The third kappa shape index (κ3) is 3.71. The predicted molar refractivity (Wildman–Crippen MR) is 82.7 cm³/mol. The van der Waals surface area contributed by atoms with Crippen LogP contribution in [-0.2, 0) is 0 Å². The molecule has 1 amide bonds. The van der Waals surface area contributed by atoms with Gasteiger partial charge >= 0.3 is 0 Å². The molecule has 0 spiro atoms. The second-order valence-corrected chi connectivity index (χ2v) is 5.61. The first-order chi connectivity index (χ1) is 9.37. The zero-order valence-electron chi connectivity index (χ0n) is 12.1. The number of carbonyl (C=O) groups is 1. The predicted octanol–water partition coefficient (Wildman–Crippen LogP) is 2.18. The molecule has 2 rings (SSSR count). The molecule has 0 heterocycles. The number of hydrogen-bond donors (Lipinski definition) is 2. The van der Waals surface area contributed by atoms with Gasteiger partial charge in [0.2, 0.25) is 0 Å². The maximum absolute atomic E-state index is 12.2. The van der Waals surface area contributed by atoms with Crippen molar-refractivity contribution in [2.75, 3.05) is 6.54 Å². The molecular formula is C14H20ClN3O3. The van der Waals surface area contributed by atoms with Crippen LogP contribution in [0.1, 0.15) is 35.7 Å². The summed E-state index contributed by atoms with van der Waals surface area (Å²) in [6.07, 6.45) is 2.12. The van der Waals surface area contributed by atoms with Crippen LogP contribution in [0.5, 0.6) is 0 Å². The number of halogens is 1. The van der Waals surface area contributed by atoms with E-state index < -0.39 is 10.5 Å². The van der Waals surface area contributed by atoms with Gasteiger partial charge in [-0.05, 0) is 38.7 Å². The van der Waals surface area contributed by atoms with E-state index in [0.717, 1.165) is 12.8 Å². The third-order valence-corrected chi connectivity index (χ3v) is 3.97. The molecule has 3 N–H and O–H groups in total. The van der Waals surface area contributed by atoms with Crippen molar-refractivity contribution in [1.82, 2.24) is 5.32 Å². The number of carbonyl (C=O) groups excluding carboxylic acids is 1. The topological polar surface area (TPSA) is 98.3 Å². The molecule has 0 bridgehead atoms. The maximum Gasteiger partial charge on any atom is 0.273 e. The van der Waals surface area contributed by atoms with Gasteiger partial charge in [-0.25, -0.2) is 0 Å². The molecule has 1 aromatic rings. The number of aryl methyl sites for hydroxylation is 1. The van der Waals surface area contributed by atoms with Gasteiger partial charge in [0, 0.05) is 23.7 Å². The number of rotatable bonds is 5. The Bertz CT molecular complexity index is 560. The third-order valence-electron chi connectivity index (χ3n) is 3.97. The van der Waals surface area contributed by atoms with E-state index >= 15 is 0 Å². The van der Waals surface area contributed by atoms with Gasteiger partial charge in [0.05, 0.1) is 10.5 Å². The van der Waals surface area contributed by atoms with Crippen LogP contribution in [0.25, 0.3) is 0 Å². The fourth-order valence-electron chi connectivity index (χ4n) is 2.32. The molecular weight excluding hydrogens is 294 g/mol. The molecule has 7 heteroatoms. The molecule has 0 aromatic heterocycles. The van der Waals surface area contributed by atoms with Crippen LogP contribution in [0, 0.1) is 23.0 Å². The molecule has 0 aliphatic heterocycles. The molecule has 1 fully saturated rings. The van der Waals surface area contributed by atoms with Crippen LogP contribution in [0.15, 0.2) is 18.2 Å². The van der Waals surface area contributed by atoms with E-state index in [9.17, 15) is 14.9 Å². The Labute approximate surface area is 129 Å². The van der Waals surface area contributed by atoms with Crippen LogP contribution in [0.2, 0.25) is 0 Å². The second kappa shape index (κ2) is 6.41. The van der Waals surface area contributed by atoms with Gasteiger partial charge in [-0.1, -0.05) is 6.07 Å². The lowest BCUT2D eigenvalue weighted by Crippen LogP contribution is -2.53. The zero-order chi connectivity index (χ0) is 14.9. The highest BCUT2D eigenvalue weighted by molar-refractivity contribution is 5.95. The Morgan fingerprint density at radius 2 is 2.14 bits per heavy atom. The van der Waals surface area contributed by atoms with E-state index in [1.807, 2.05) is 6.92 Å². The average molecular weight is 314 g/mol. The molecule has 0 saturated heterocycles. The summed E-state index contributed by atoms with van der Waals surface area (Å²) < 4.78 is 0. The highest BCUT2D eigenvalue weighted by Gasteiger charge is 2.41. The Kier molecular flexibility index (Phi) is 5.31. The first-order valence-electron chi connectivity index (χ1n) is 6.65. The van der Waals surface area contributed by atoms with Gasteiger partial charge in [0.25, 0.3) is 11.6 Å². The molecule has 1 unspecified atom stereocenters. The van der Waals surface area contributed by atoms with E-state index in [0.29, 0.717) is 23.6 Å². The second-order valence-electron chi connectivity index (χ2n) is 5.61. The number of nitrogens with zero attached hydrogens (tertiary/aromatic N) is 1. The monoisotopic (exact) mass is 313 g/mol. The first kappa shape index (κ1) is 17.4. The summed E-state index contributed by atoms with van der Waals surface area (Å²) in [5.41, 5.74) is 6.11. The van der Waals surface area contributed by atoms with Gasteiger partial charge in [0.1, 0.15) is 0 Å². The van der Waals surface area contributed by atoms with Crippen molar-refractivity contribution in [2.24, 2.45) is 11.7 Å². The number of nitrogens with two attached hydrogens (primary N) is 1. The lowest BCUT2D eigenvalue weighted by molar-refractivity contribution is -0.385. The van der Waals surface area contributed by atoms with Crippen molar-refractivity contribution >= 4 is 24.0 Å². The number of hydrogen-bond acceptors (Lipinski definition) is 4. The molecule has 1 aliphatic carbocycles. The van der Waals surface area contributed by atoms with Gasteiger partial charge in [-0.15, -0.1) is 12.4 Å². The number of amides is 1. The highest BCUT2D eigenvalue weighted by atomic mass is 35.5. The van der Waals surface area contributed by atoms with E-state index in [4.69, 9.17) is 5.73 Å². The molecule has 116 valence electrons. The minimum atomic E-state index is -0.477. The summed E-state index contributed by atoms with van der Waals surface area (Å²) in [6, 6.07) is 4.50. The summed E-state index contributed by atoms with van der Waals surface area (Å²) in [4.78, 5) is 22.7. The molecule has 6 nitrogen and oxygen atoms in total. The number of nitrogens with one attached hydrogen (secondary N) is 1. The van der Waals surface area contributed by atoms with E-state index in [-0.39, 0.29) is 24.0 Å². The largest absolute Gasteiger partial charge is 0.345 e. The Morgan fingerprint density at radius 3 is 2.62 bits per heavy atom. The molecule has 1 saturated carbocycles. The van der Waals surface area contributed by atoms with Crippen molar-refractivity contribution < 1.29 is 9.72 Å². The quantitative estimate of drug-likeness (QED) is 0.643. The first-order valence-corrected chi connectivity index (χ1v) is 6.65. The van der Waals surface area contributed by atoms with Crippen LogP contribution in [0.4, 0.5) is 5.69 Å². The standard InChI is InChI=1S/C14H19N3O3.ClH/c1-9-3-4-10(7-12(9)17(19)20)13(18)16-14(2,8-15)11-5-6-11;/h3-4,7,11H,5-6,8,15H2,1-2H3,(H,16,18);1H.